The van der Waals surface area contributed by atoms with Crippen molar-refractivity contribution < 1.29 is 70.5 Å². The molecule has 0 saturated heterocycles. The molecule has 320 valence electrons. The van der Waals surface area contributed by atoms with E-state index in [0.29, 0.717) is 11.1 Å². The summed E-state index contributed by atoms with van der Waals surface area (Å²) in [6.07, 6.45) is -11.8. The molecule has 0 unspecified atom stereocenters. The van der Waals surface area contributed by atoms with Gasteiger partial charge in [0.1, 0.15) is 32.4 Å². The van der Waals surface area contributed by atoms with Crippen LogP contribution in [0.1, 0.15) is 55.6 Å². The fourth-order valence-corrected chi connectivity index (χ4v) is 8.57. The summed E-state index contributed by atoms with van der Waals surface area (Å²) in [6.45, 7) is 6.03. The third-order valence-corrected chi connectivity index (χ3v) is 12.0. The maximum absolute atomic E-state index is 17.3. The molecule has 0 spiro atoms. The van der Waals surface area contributed by atoms with Crippen LogP contribution in [0.2, 0.25) is 0 Å². The van der Waals surface area contributed by atoms with Crippen molar-refractivity contribution in [1.29, 1.82) is 0 Å². The van der Waals surface area contributed by atoms with E-state index in [1.165, 1.54) is 98.8 Å². The predicted octanol–water partition coefficient (Wildman–Crippen LogP) is 11.7. The Kier molecular flexibility index (Phi) is 11.7. The molecule has 0 amide bonds. The summed E-state index contributed by atoms with van der Waals surface area (Å²) in [5.41, 5.74) is -9.31. The molecular weight excluding hydrogens is 861 g/mol. The van der Waals surface area contributed by atoms with Crippen LogP contribution in [0.25, 0.3) is 0 Å². The first-order valence-corrected chi connectivity index (χ1v) is 20.6. The minimum absolute atomic E-state index is 0.159. The molecular formula is C43H32F8O8S2. The van der Waals surface area contributed by atoms with Crippen molar-refractivity contribution in [2.24, 2.45) is 0 Å². The van der Waals surface area contributed by atoms with Gasteiger partial charge in [0.05, 0.1) is 5.41 Å². The zero-order chi connectivity index (χ0) is 45.0. The molecule has 61 heavy (non-hydrogen) atoms. The fraction of sp³-hybridized carbons (Fsp3) is 0.163. The Bertz CT molecular complexity index is 2700. The number of aryl methyl sites for hydroxylation is 2. The summed E-state index contributed by atoms with van der Waals surface area (Å²) in [5, 5.41) is 0. The summed E-state index contributed by atoms with van der Waals surface area (Å²) in [6, 6.07) is 21.5. The Morgan fingerprint density at radius 1 is 0.492 bits per heavy atom. The Hall–Kier alpha value is -5.82. The maximum Gasteiger partial charge on any atom is 0.420 e. The fourth-order valence-electron chi connectivity index (χ4n) is 7.11. The van der Waals surface area contributed by atoms with Crippen molar-refractivity contribution in [1.82, 2.24) is 0 Å². The van der Waals surface area contributed by atoms with Crippen molar-refractivity contribution in [2.75, 3.05) is 0 Å². The van der Waals surface area contributed by atoms with Gasteiger partial charge in [-0.05, 0) is 85.3 Å². The highest BCUT2D eigenvalue weighted by molar-refractivity contribution is 7.86. The van der Waals surface area contributed by atoms with Gasteiger partial charge in [-0.3, -0.25) is 9.11 Å². The van der Waals surface area contributed by atoms with Gasteiger partial charge in [0.2, 0.25) is 0 Å². The van der Waals surface area contributed by atoms with Gasteiger partial charge in [-0.25, -0.2) is 8.78 Å². The number of halogens is 8. The van der Waals surface area contributed by atoms with E-state index in [0.717, 1.165) is 0 Å². The van der Waals surface area contributed by atoms with Crippen molar-refractivity contribution in [2.45, 2.75) is 55.3 Å². The Balaban J connectivity index is 2.02. The number of hydrogen-bond acceptors (Lipinski definition) is 6. The molecule has 0 fully saturated rings. The summed E-state index contributed by atoms with van der Waals surface area (Å²) in [7, 11) is -12.2. The smallest absolute Gasteiger partial charge is 0.420 e. The minimum atomic E-state index is -6.11. The molecule has 2 N–H and O–H groups in total. The van der Waals surface area contributed by atoms with E-state index in [2.05, 4.69) is 0 Å². The zero-order valence-electron chi connectivity index (χ0n) is 32.1. The lowest BCUT2D eigenvalue weighted by Crippen LogP contribution is -2.34. The Morgan fingerprint density at radius 2 is 0.820 bits per heavy atom. The Labute approximate surface area is 344 Å². The molecule has 0 heterocycles. The molecule has 0 atom stereocenters. The Morgan fingerprint density at radius 3 is 1.11 bits per heavy atom. The van der Waals surface area contributed by atoms with Crippen LogP contribution in [-0.2, 0) is 38.0 Å². The number of ether oxygens (including phenoxy) is 2. The lowest BCUT2D eigenvalue weighted by molar-refractivity contribution is -0.143. The molecule has 0 aliphatic heterocycles. The van der Waals surface area contributed by atoms with Gasteiger partial charge in [-0.2, -0.15) is 43.2 Å². The van der Waals surface area contributed by atoms with Crippen LogP contribution in [0.4, 0.5) is 35.1 Å². The van der Waals surface area contributed by atoms with E-state index in [-0.39, 0.29) is 45.9 Å². The lowest BCUT2D eigenvalue weighted by atomic mass is 9.64. The molecule has 0 saturated carbocycles. The summed E-state index contributed by atoms with van der Waals surface area (Å²) < 4.78 is 209. The number of hydrogen-bond donors (Lipinski definition) is 2. The van der Waals surface area contributed by atoms with E-state index < -0.39 is 93.2 Å². The van der Waals surface area contributed by atoms with Crippen LogP contribution in [0, 0.1) is 39.3 Å². The standard InChI is InChI=1S/C43H32F8O8S2/c1-23-13-11-19-31(25(23)3)58-39-29(21-33(60(52,53)54)35(37(39)44)42(46,47)48)41(27-15-7-5-8-16-27,28-17-9-6-10-18-28)30-22-34(61(55,56)57)36(43(49,50)51)38(45)40(30)59-32-20-12-14-24(2)26(32)4/h5-22H,1-4H3,(H,52,53,54)(H,55,56,57). The second kappa shape index (κ2) is 15.9. The first kappa shape index (κ1) is 44.7. The van der Waals surface area contributed by atoms with Gasteiger partial charge in [-0.15, -0.1) is 0 Å². The van der Waals surface area contributed by atoms with Crippen LogP contribution in [0.5, 0.6) is 23.0 Å². The maximum atomic E-state index is 17.3. The van der Waals surface area contributed by atoms with Gasteiger partial charge in [0.15, 0.2) is 23.1 Å². The van der Waals surface area contributed by atoms with E-state index >= 15 is 8.78 Å². The van der Waals surface area contributed by atoms with Crippen molar-refractivity contribution >= 4 is 20.2 Å². The average molecular weight is 893 g/mol. The van der Waals surface area contributed by atoms with E-state index in [1.54, 1.807) is 26.0 Å². The van der Waals surface area contributed by atoms with Gasteiger partial charge < -0.3 is 9.47 Å². The van der Waals surface area contributed by atoms with Crippen molar-refractivity contribution in [3.05, 3.63) is 176 Å². The summed E-state index contributed by atoms with van der Waals surface area (Å²) in [4.78, 5) is -4.20. The second-order valence-electron chi connectivity index (χ2n) is 13.9. The summed E-state index contributed by atoms with van der Waals surface area (Å²) >= 11 is 0. The zero-order valence-corrected chi connectivity index (χ0v) is 33.7. The largest absolute Gasteiger partial charge is 0.454 e. The van der Waals surface area contributed by atoms with Crippen LogP contribution in [-0.4, -0.2) is 25.9 Å². The highest BCUT2D eigenvalue weighted by Gasteiger charge is 2.52. The van der Waals surface area contributed by atoms with E-state index in [1.807, 2.05) is 0 Å². The van der Waals surface area contributed by atoms with Gasteiger partial charge in [-0.1, -0.05) is 84.9 Å². The summed E-state index contributed by atoms with van der Waals surface area (Å²) in [5.74, 6) is -8.40. The van der Waals surface area contributed by atoms with Gasteiger partial charge >= 0.3 is 12.4 Å². The molecule has 6 aromatic carbocycles. The third-order valence-electron chi connectivity index (χ3n) is 10.2. The first-order valence-electron chi connectivity index (χ1n) is 17.7. The van der Waals surface area contributed by atoms with Crippen molar-refractivity contribution in [3.63, 3.8) is 0 Å². The number of alkyl halides is 6. The molecule has 0 aliphatic rings. The second-order valence-corrected chi connectivity index (χ2v) is 16.7. The third kappa shape index (κ3) is 8.19. The molecule has 8 nitrogen and oxygen atoms in total. The highest BCUT2D eigenvalue weighted by atomic mass is 32.2. The van der Waals surface area contributed by atoms with Crippen LogP contribution >= 0.6 is 0 Å². The van der Waals surface area contributed by atoms with E-state index in [4.69, 9.17) is 9.47 Å². The molecule has 0 radical (unpaired) electrons. The van der Waals surface area contributed by atoms with Gasteiger partial charge in [0, 0.05) is 11.1 Å². The number of benzene rings is 6. The molecule has 6 rings (SSSR count). The normalized spacial score (nSPS) is 12.7. The quantitative estimate of drug-likeness (QED) is 0.0791. The molecule has 6 aromatic rings. The van der Waals surface area contributed by atoms with Crippen LogP contribution < -0.4 is 9.47 Å². The predicted molar refractivity (Wildman–Crippen MR) is 206 cm³/mol. The highest BCUT2D eigenvalue weighted by Crippen LogP contribution is 2.57. The van der Waals surface area contributed by atoms with Gasteiger partial charge in [0.25, 0.3) is 20.2 Å². The topological polar surface area (TPSA) is 127 Å². The lowest BCUT2D eigenvalue weighted by Gasteiger charge is -2.39. The molecule has 0 bridgehead atoms. The van der Waals surface area contributed by atoms with E-state index in [9.17, 15) is 52.3 Å². The minimum Gasteiger partial charge on any atom is -0.454 e. The van der Waals surface area contributed by atoms with Crippen LogP contribution in [0.15, 0.2) is 119 Å². The first-order chi connectivity index (χ1) is 28.3. The average Bonchev–Trinajstić information content (AvgIpc) is 3.16. The molecule has 0 aromatic heterocycles. The monoisotopic (exact) mass is 892 g/mol. The van der Waals surface area contributed by atoms with Crippen molar-refractivity contribution in [3.8, 4) is 23.0 Å². The SMILES string of the molecule is Cc1cccc(Oc2c(C(c3ccccc3)(c3ccccc3)c3cc(S(=O)(=O)O)c(C(F)(F)F)c(F)c3Oc3cccc(C)c3C)cc(S(=O)(=O)O)c(C(F)(F)F)c2F)c1C. The molecule has 18 heteroatoms. The molecule has 0 aliphatic carbocycles. The van der Waals surface area contributed by atoms with Crippen LogP contribution in [0.3, 0.4) is 0 Å². The number of rotatable bonds is 10.